The molecule has 1 saturated heterocycles. The van der Waals surface area contributed by atoms with Gasteiger partial charge in [-0.05, 0) is 18.2 Å². The molecule has 94 valence electrons. The van der Waals surface area contributed by atoms with E-state index in [0.29, 0.717) is 18.7 Å². The van der Waals surface area contributed by atoms with Gasteiger partial charge >= 0.3 is 6.03 Å². The van der Waals surface area contributed by atoms with Crippen LogP contribution in [0.25, 0.3) is 0 Å². The van der Waals surface area contributed by atoms with Crippen molar-refractivity contribution in [2.45, 2.75) is 12.5 Å². The van der Waals surface area contributed by atoms with Gasteiger partial charge in [-0.15, -0.1) is 0 Å². The number of ether oxygens (including phenoxy) is 1. The quantitative estimate of drug-likeness (QED) is 0.785. The van der Waals surface area contributed by atoms with Crippen LogP contribution in [0.15, 0.2) is 18.2 Å². The molecule has 1 aromatic carbocycles. The zero-order valence-electron chi connectivity index (χ0n) is 9.48. The van der Waals surface area contributed by atoms with Gasteiger partial charge in [-0.3, -0.25) is 10.1 Å². The third kappa shape index (κ3) is 1.90. The van der Waals surface area contributed by atoms with Crippen molar-refractivity contribution in [3.05, 3.63) is 29.6 Å². The first-order valence-corrected chi connectivity index (χ1v) is 5.65. The van der Waals surface area contributed by atoms with Crippen molar-refractivity contribution in [1.82, 2.24) is 10.2 Å². The van der Waals surface area contributed by atoms with Crippen molar-refractivity contribution < 1.29 is 18.7 Å². The number of benzene rings is 1. The molecule has 1 unspecified atom stereocenters. The summed E-state index contributed by atoms with van der Waals surface area (Å²) in [6, 6.07) is 3.96. The van der Waals surface area contributed by atoms with E-state index in [1.165, 1.54) is 17.0 Å². The number of amides is 3. The first-order chi connectivity index (χ1) is 8.61. The van der Waals surface area contributed by atoms with E-state index in [-0.39, 0.29) is 24.4 Å². The number of nitrogens with zero attached hydrogens (tertiary/aromatic N) is 1. The predicted molar refractivity (Wildman–Crippen MR) is 59.6 cm³/mol. The fourth-order valence-electron chi connectivity index (χ4n) is 2.27. The van der Waals surface area contributed by atoms with Crippen molar-refractivity contribution in [1.29, 1.82) is 0 Å². The summed E-state index contributed by atoms with van der Waals surface area (Å²) < 4.78 is 18.6. The molecule has 5 nitrogen and oxygen atoms in total. The molecule has 1 aromatic rings. The Morgan fingerprint density at radius 1 is 1.44 bits per heavy atom. The molecule has 0 saturated carbocycles. The summed E-state index contributed by atoms with van der Waals surface area (Å²) in [6.07, 6.45) is 0.323. The molecule has 6 heteroatoms. The molecule has 2 aliphatic heterocycles. The van der Waals surface area contributed by atoms with Crippen molar-refractivity contribution in [2.24, 2.45) is 0 Å². The minimum atomic E-state index is -0.397. The molecule has 0 aliphatic carbocycles. The topological polar surface area (TPSA) is 58.6 Å². The Hall–Kier alpha value is -2.11. The number of hydrogen-bond donors (Lipinski definition) is 1. The van der Waals surface area contributed by atoms with Crippen molar-refractivity contribution in [2.75, 3.05) is 13.1 Å². The number of nitrogens with one attached hydrogen (secondary N) is 1. The van der Waals surface area contributed by atoms with Crippen molar-refractivity contribution >= 4 is 11.9 Å². The number of urea groups is 1. The zero-order chi connectivity index (χ0) is 12.7. The molecule has 1 N–H and O–H groups in total. The third-order valence-corrected chi connectivity index (χ3v) is 3.06. The van der Waals surface area contributed by atoms with Crippen LogP contribution in [0.1, 0.15) is 5.56 Å². The number of rotatable bonds is 2. The molecule has 1 atom stereocenters. The summed E-state index contributed by atoms with van der Waals surface area (Å²) >= 11 is 0. The van der Waals surface area contributed by atoms with Gasteiger partial charge in [0.2, 0.25) is 5.91 Å². The summed E-state index contributed by atoms with van der Waals surface area (Å²) in [5, 5.41) is 2.20. The summed E-state index contributed by atoms with van der Waals surface area (Å²) in [6.45, 7) is 0.386. The molecular formula is C12H11FN2O3. The maximum absolute atomic E-state index is 13.0. The lowest BCUT2D eigenvalue weighted by Gasteiger charge is -2.17. The minimum absolute atomic E-state index is 0.0589. The van der Waals surface area contributed by atoms with Crippen molar-refractivity contribution in [3.63, 3.8) is 0 Å². The van der Waals surface area contributed by atoms with E-state index in [2.05, 4.69) is 5.32 Å². The van der Waals surface area contributed by atoms with Crippen LogP contribution in [-0.4, -0.2) is 36.0 Å². The highest BCUT2D eigenvalue weighted by Crippen LogP contribution is 2.29. The maximum atomic E-state index is 13.0. The largest absolute Gasteiger partial charge is 0.488 e. The summed E-state index contributed by atoms with van der Waals surface area (Å²) in [4.78, 5) is 23.8. The van der Waals surface area contributed by atoms with E-state index in [4.69, 9.17) is 4.74 Å². The molecule has 3 rings (SSSR count). The number of carbonyl (C=O) groups is 2. The number of hydrogen-bond acceptors (Lipinski definition) is 3. The van der Waals surface area contributed by atoms with E-state index >= 15 is 0 Å². The zero-order valence-corrected chi connectivity index (χ0v) is 9.48. The first-order valence-electron chi connectivity index (χ1n) is 5.65. The van der Waals surface area contributed by atoms with Crippen LogP contribution < -0.4 is 10.1 Å². The number of carbonyl (C=O) groups excluding carboxylic acids is 2. The van der Waals surface area contributed by atoms with Crippen LogP contribution in [0.5, 0.6) is 5.75 Å². The van der Waals surface area contributed by atoms with Gasteiger partial charge in [-0.2, -0.15) is 0 Å². The van der Waals surface area contributed by atoms with Gasteiger partial charge in [0.15, 0.2) is 0 Å². The predicted octanol–water partition coefficient (Wildman–Crippen LogP) is 0.681. The Labute approximate surface area is 103 Å². The molecule has 2 heterocycles. The normalized spacial score (nSPS) is 21.8. The van der Waals surface area contributed by atoms with Gasteiger partial charge in [0, 0.05) is 12.0 Å². The Kier molecular flexibility index (Phi) is 2.43. The van der Waals surface area contributed by atoms with Crippen LogP contribution in [0.4, 0.5) is 9.18 Å². The van der Waals surface area contributed by atoms with Crippen LogP contribution in [-0.2, 0) is 11.2 Å². The molecule has 2 aliphatic rings. The minimum Gasteiger partial charge on any atom is -0.488 e. The standard InChI is InChI=1S/C12H11FN2O3/c13-8-1-2-10-7(3-8)4-9(18-10)5-15-6-11(16)14-12(15)17/h1-3,9H,4-6H2,(H,14,16,17). The van der Waals surface area contributed by atoms with Crippen LogP contribution in [0.2, 0.25) is 0 Å². The molecule has 1 fully saturated rings. The lowest BCUT2D eigenvalue weighted by atomic mass is 10.1. The third-order valence-electron chi connectivity index (χ3n) is 3.06. The van der Waals surface area contributed by atoms with Gasteiger partial charge in [0.1, 0.15) is 24.2 Å². The fourth-order valence-corrected chi connectivity index (χ4v) is 2.27. The number of halogens is 1. The van der Waals surface area contributed by atoms with E-state index < -0.39 is 6.03 Å². The maximum Gasteiger partial charge on any atom is 0.324 e. The monoisotopic (exact) mass is 250 g/mol. The van der Waals surface area contributed by atoms with Gasteiger partial charge < -0.3 is 9.64 Å². The molecule has 18 heavy (non-hydrogen) atoms. The van der Waals surface area contributed by atoms with Gasteiger partial charge in [0.05, 0.1) is 6.54 Å². The average molecular weight is 250 g/mol. The second-order valence-corrected chi connectivity index (χ2v) is 4.43. The smallest absolute Gasteiger partial charge is 0.324 e. The van der Waals surface area contributed by atoms with E-state index in [1.54, 1.807) is 6.07 Å². The second kappa shape index (κ2) is 3.97. The first kappa shape index (κ1) is 11.0. The average Bonchev–Trinajstić information content (AvgIpc) is 2.82. The van der Waals surface area contributed by atoms with E-state index in [0.717, 1.165) is 5.56 Å². The molecule has 0 spiro atoms. The second-order valence-electron chi connectivity index (χ2n) is 4.43. The molecule has 0 aromatic heterocycles. The number of fused-ring (bicyclic) bond motifs is 1. The van der Waals surface area contributed by atoms with Crippen molar-refractivity contribution in [3.8, 4) is 5.75 Å². The van der Waals surface area contributed by atoms with Crippen LogP contribution in [0.3, 0.4) is 0 Å². The highest BCUT2D eigenvalue weighted by atomic mass is 19.1. The summed E-state index contributed by atoms with van der Waals surface area (Å²) in [5.41, 5.74) is 0.797. The lowest BCUT2D eigenvalue weighted by molar-refractivity contribution is -0.118. The Morgan fingerprint density at radius 3 is 3.00 bits per heavy atom. The fraction of sp³-hybridized carbons (Fsp3) is 0.333. The van der Waals surface area contributed by atoms with Gasteiger partial charge in [0.25, 0.3) is 0 Å². The van der Waals surface area contributed by atoms with Gasteiger partial charge in [-0.1, -0.05) is 0 Å². The summed E-state index contributed by atoms with van der Waals surface area (Å²) in [5.74, 6) is 0.0426. The Bertz CT molecular complexity index is 532. The van der Waals surface area contributed by atoms with E-state index in [9.17, 15) is 14.0 Å². The van der Waals surface area contributed by atoms with Crippen LogP contribution >= 0.6 is 0 Å². The van der Waals surface area contributed by atoms with Gasteiger partial charge in [-0.25, -0.2) is 9.18 Å². The molecule has 3 amide bonds. The highest BCUT2D eigenvalue weighted by Gasteiger charge is 2.32. The van der Waals surface area contributed by atoms with E-state index in [1.807, 2.05) is 0 Å². The SMILES string of the molecule is O=C1CN(CC2Cc3cc(F)ccc3O2)C(=O)N1. The highest BCUT2D eigenvalue weighted by molar-refractivity contribution is 6.01. The lowest BCUT2D eigenvalue weighted by Crippen LogP contribution is -2.37. The van der Waals surface area contributed by atoms with Crippen LogP contribution in [0, 0.1) is 5.82 Å². The molecule has 0 radical (unpaired) electrons. The Balaban J connectivity index is 1.68. The number of imide groups is 1. The molecule has 0 bridgehead atoms. The molecular weight excluding hydrogens is 239 g/mol. The Morgan fingerprint density at radius 2 is 2.28 bits per heavy atom. The summed E-state index contributed by atoms with van der Waals surface area (Å²) in [7, 11) is 0.